The van der Waals surface area contributed by atoms with E-state index < -0.39 is 23.8 Å². The second-order valence-corrected chi connectivity index (χ2v) is 3.53. The molecule has 100 valence electrons. The van der Waals surface area contributed by atoms with Gasteiger partial charge in [0.05, 0.1) is 12.8 Å². The van der Waals surface area contributed by atoms with Gasteiger partial charge in [-0.05, 0) is 12.1 Å². The maximum atomic E-state index is 11.4. The van der Waals surface area contributed by atoms with Crippen molar-refractivity contribution in [3.8, 4) is 12.3 Å². The maximum Gasteiger partial charge on any atom is 0.327 e. The first-order chi connectivity index (χ1) is 9.04. The normalized spacial score (nSPS) is 11.1. The van der Waals surface area contributed by atoms with Crippen LogP contribution in [0, 0.1) is 12.3 Å². The average molecular weight is 264 g/mol. The molecular weight excluding hydrogens is 252 g/mol. The van der Waals surface area contributed by atoms with Crippen molar-refractivity contribution in [2.75, 3.05) is 6.54 Å². The van der Waals surface area contributed by atoms with E-state index in [1.54, 1.807) is 0 Å². The van der Waals surface area contributed by atoms with Gasteiger partial charge in [0.25, 0.3) is 5.91 Å². The zero-order valence-electron chi connectivity index (χ0n) is 9.88. The number of furan rings is 1. The Morgan fingerprint density at radius 3 is 2.74 bits per heavy atom. The third-order valence-corrected chi connectivity index (χ3v) is 2.11. The van der Waals surface area contributed by atoms with Crippen molar-refractivity contribution < 1.29 is 23.9 Å². The lowest BCUT2D eigenvalue weighted by atomic mass is 10.2. The lowest BCUT2D eigenvalue weighted by Gasteiger charge is -2.11. The Labute approximate surface area is 109 Å². The van der Waals surface area contributed by atoms with Gasteiger partial charge in [0.1, 0.15) is 6.04 Å². The first-order valence-electron chi connectivity index (χ1n) is 5.32. The van der Waals surface area contributed by atoms with E-state index in [1.165, 1.54) is 18.4 Å². The summed E-state index contributed by atoms with van der Waals surface area (Å²) in [6.07, 6.45) is 6.17. The minimum absolute atomic E-state index is 0.0613. The molecule has 0 aromatic carbocycles. The van der Waals surface area contributed by atoms with Crippen molar-refractivity contribution in [2.45, 2.75) is 12.5 Å². The largest absolute Gasteiger partial charge is 0.480 e. The third-order valence-electron chi connectivity index (χ3n) is 2.11. The van der Waals surface area contributed by atoms with Crippen LogP contribution < -0.4 is 10.6 Å². The molecule has 1 rings (SSSR count). The number of carbonyl (C=O) groups is 3. The smallest absolute Gasteiger partial charge is 0.327 e. The van der Waals surface area contributed by atoms with Gasteiger partial charge in [-0.25, -0.2) is 4.79 Å². The Kier molecular flexibility index (Phi) is 5.17. The average Bonchev–Trinajstić information content (AvgIpc) is 2.89. The minimum Gasteiger partial charge on any atom is -0.480 e. The highest BCUT2D eigenvalue weighted by Gasteiger charge is 2.19. The first kappa shape index (κ1) is 14.3. The molecule has 0 aliphatic heterocycles. The number of carboxylic acid groups (broad SMARTS) is 1. The number of carbonyl (C=O) groups excluding carboxylic acids is 2. The van der Waals surface area contributed by atoms with Gasteiger partial charge in [-0.15, -0.1) is 12.3 Å². The van der Waals surface area contributed by atoms with Gasteiger partial charge in [-0.3, -0.25) is 9.59 Å². The van der Waals surface area contributed by atoms with Crippen LogP contribution in [0.1, 0.15) is 17.0 Å². The monoisotopic (exact) mass is 264 g/mol. The fourth-order valence-corrected chi connectivity index (χ4v) is 1.22. The van der Waals surface area contributed by atoms with Gasteiger partial charge < -0.3 is 20.2 Å². The van der Waals surface area contributed by atoms with Crippen molar-refractivity contribution in [2.24, 2.45) is 0 Å². The lowest BCUT2D eigenvalue weighted by molar-refractivity contribution is -0.141. The SMILES string of the molecule is C#CCC(NC(=O)CNC(=O)c1ccco1)C(=O)O. The molecular formula is C12H12N2O5. The van der Waals surface area contributed by atoms with Gasteiger partial charge in [0.15, 0.2) is 5.76 Å². The fourth-order valence-electron chi connectivity index (χ4n) is 1.22. The van der Waals surface area contributed by atoms with E-state index in [9.17, 15) is 14.4 Å². The predicted molar refractivity (Wildman–Crippen MR) is 64.1 cm³/mol. The third kappa shape index (κ3) is 4.55. The summed E-state index contributed by atoms with van der Waals surface area (Å²) in [6, 6.07) is 1.80. The molecule has 7 nitrogen and oxygen atoms in total. The van der Waals surface area contributed by atoms with Gasteiger partial charge in [-0.2, -0.15) is 0 Å². The Morgan fingerprint density at radius 2 is 2.21 bits per heavy atom. The van der Waals surface area contributed by atoms with Crippen molar-refractivity contribution in [1.82, 2.24) is 10.6 Å². The highest BCUT2D eigenvalue weighted by atomic mass is 16.4. The van der Waals surface area contributed by atoms with Crippen LogP contribution >= 0.6 is 0 Å². The van der Waals surface area contributed by atoms with Crippen LogP contribution in [0.3, 0.4) is 0 Å². The van der Waals surface area contributed by atoms with E-state index in [0.29, 0.717) is 0 Å². The van der Waals surface area contributed by atoms with E-state index in [1.807, 2.05) is 0 Å². The van der Waals surface area contributed by atoms with Crippen molar-refractivity contribution >= 4 is 17.8 Å². The van der Waals surface area contributed by atoms with Crippen molar-refractivity contribution in [3.63, 3.8) is 0 Å². The number of amides is 2. The number of carboxylic acids is 1. The zero-order chi connectivity index (χ0) is 14.3. The highest BCUT2D eigenvalue weighted by Crippen LogP contribution is 1.98. The summed E-state index contributed by atoms with van der Waals surface area (Å²) in [5, 5.41) is 13.2. The summed E-state index contributed by atoms with van der Waals surface area (Å²) in [6.45, 7) is -0.367. The van der Waals surface area contributed by atoms with Crippen LogP contribution in [0.15, 0.2) is 22.8 Å². The van der Waals surface area contributed by atoms with Crippen LogP contribution in [-0.4, -0.2) is 35.5 Å². The molecule has 19 heavy (non-hydrogen) atoms. The van der Waals surface area contributed by atoms with E-state index in [0.717, 1.165) is 0 Å². The van der Waals surface area contributed by atoms with Crippen LogP contribution in [0.25, 0.3) is 0 Å². The molecule has 0 fully saturated rings. The number of terminal acetylenes is 1. The Bertz CT molecular complexity index is 501. The van der Waals surface area contributed by atoms with Gasteiger partial charge in [0.2, 0.25) is 5.91 Å². The van der Waals surface area contributed by atoms with Crippen LogP contribution in [0.5, 0.6) is 0 Å². The molecule has 0 bridgehead atoms. The van der Waals surface area contributed by atoms with Crippen LogP contribution in [0.2, 0.25) is 0 Å². The molecule has 0 aliphatic carbocycles. The Morgan fingerprint density at radius 1 is 1.47 bits per heavy atom. The second kappa shape index (κ2) is 6.86. The minimum atomic E-state index is -1.23. The standard InChI is InChI=1S/C12H12N2O5/c1-2-4-8(12(17)18)14-10(15)7-13-11(16)9-5-3-6-19-9/h1,3,5-6,8H,4,7H2,(H,13,16)(H,14,15)(H,17,18). The number of hydrogen-bond acceptors (Lipinski definition) is 4. The molecule has 0 aliphatic rings. The molecule has 1 aromatic heterocycles. The molecule has 1 heterocycles. The maximum absolute atomic E-state index is 11.4. The molecule has 0 saturated carbocycles. The summed E-state index contributed by atoms with van der Waals surface area (Å²) < 4.78 is 4.82. The van der Waals surface area contributed by atoms with Gasteiger partial charge >= 0.3 is 5.97 Å². The second-order valence-electron chi connectivity index (χ2n) is 3.53. The summed E-state index contributed by atoms with van der Waals surface area (Å²) in [5.74, 6) is -0.244. The first-order valence-corrected chi connectivity index (χ1v) is 5.32. The van der Waals surface area contributed by atoms with E-state index in [2.05, 4.69) is 16.6 Å². The quantitative estimate of drug-likeness (QED) is 0.606. The predicted octanol–water partition coefficient (Wildman–Crippen LogP) is -0.398. The fraction of sp³-hybridized carbons (Fsp3) is 0.250. The number of hydrogen-bond donors (Lipinski definition) is 3. The number of rotatable bonds is 6. The molecule has 2 amide bonds. The molecule has 0 saturated heterocycles. The van der Waals surface area contributed by atoms with Gasteiger partial charge in [0, 0.05) is 6.42 Å². The van der Waals surface area contributed by atoms with Crippen molar-refractivity contribution in [1.29, 1.82) is 0 Å². The molecule has 3 N–H and O–H groups in total. The summed E-state index contributed by atoms with van der Waals surface area (Å²) >= 11 is 0. The zero-order valence-corrected chi connectivity index (χ0v) is 9.88. The van der Waals surface area contributed by atoms with E-state index >= 15 is 0 Å². The molecule has 7 heteroatoms. The number of aliphatic carboxylic acids is 1. The molecule has 1 atom stereocenters. The number of nitrogens with one attached hydrogen (secondary N) is 2. The van der Waals surface area contributed by atoms with Crippen LogP contribution in [-0.2, 0) is 9.59 Å². The van der Waals surface area contributed by atoms with Crippen molar-refractivity contribution in [3.05, 3.63) is 24.2 Å². The highest BCUT2D eigenvalue weighted by molar-refractivity contribution is 5.94. The summed E-state index contributed by atoms with van der Waals surface area (Å²) in [5.41, 5.74) is 0. The topological polar surface area (TPSA) is 109 Å². The summed E-state index contributed by atoms with van der Waals surface area (Å²) in [4.78, 5) is 33.6. The molecule has 0 spiro atoms. The lowest BCUT2D eigenvalue weighted by Crippen LogP contribution is -2.45. The van der Waals surface area contributed by atoms with E-state index in [-0.39, 0.29) is 18.7 Å². The Hall–Kier alpha value is -2.75. The van der Waals surface area contributed by atoms with Crippen LogP contribution in [0.4, 0.5) is 0 Å². The Balaban J connectivity index is 2.41. The summed E-state index contributed by atoms with van der Waals surface area (Å²) in [7, 11) is 0. The molecule has 1 unspecified atom stereocenters. The van der Waals surface area contributed by atoms with E-state index in [4.69, 9.17) is 15.9 Å². The molecule has 1 aromatic rings. The van der Waals surface area contributed by atoms with Gasteiger partial charge in [-0.1, -0.05) is 0 Å². The molecule has 0 radical (unpaired) electrons.